The highest BCUT2D eigenvalue weighted by atomic mass is 127. The highest BCUT2D eigenvalue weighted by Gasteiger charge is 2.17. The zero-order chi connectivity index (χ0) is 19.5. The van der Waals surface area contributed by atoms with Crippen LogP contribution in [-0.4, -0.2) is 42.9 Å². The van der Waals surface area contributed by atoms with Crippen molar-refractivity contribution in [3.8, 4) is 0 Å². The molecular weight excluding hydrogens is 463 g/mol. The molecule has 0 atom stereocenters. The lowest BCUT2D eigenvalue weighted by molar-refractivity contribution is 0.0724. The average molecular weight is 500 g/mol. The summed E-state index contributed by atoms with van der Waals surface area (Å²) in [6.45, 7) is 10.7. The van der Waals surface area contributed by atoms with E-state index in [1.54, 1.807) is 0 Å². The van der Waals surface area contributed by atoms with Crippen LogP contribution in [0, 0.1) is 5.92 Å². The number of amides is 1. The molecule has 1 saturated heterocycles. The third-order valence-electron chi connectivity index (χ3n) is 5.32. The van der Waals surface area contributed by atoms with E-state index in [0.717, 1.165) is 56.1 Å². The summed E-state index contributed by atoms with van der Waals surface area (Å²) in [6.07, 6.45) is 5.83. The maximum absolute atomic E-state index is 12.5. The van der Waals surface area contributed by atoms with E-state index >= 15 is 0 Å². The normalized spacial score (nSPS) is 14.6. The van der Waals surface area contributed by atoms with Gasteiger partial charge in [-0.2, -0.15) is 0 Å². The van der Waals surface area contributed by atoms with Crippen molar-refractivity contribution in [3.05, 3.63) is 35.4 Å². The molecule has 0 aromatic heterocycles. The van der Waals surface area contributed by atoms with E-state index in [0.29, 0.717) is 12.5 Å². The molecule has 1 aromatic rings. The van der Waals surface area contributed by atoms with Crippen LogP contribution in [0.15, 0.2) is 29.3 Å². The second-order valence-corrected chi connectivity index (χ2v) is 7.31. The van der Waals surface area contributed by atoms with Gasteiger partial charge in [-0.3, -0.25) is 4.79 Å². The largest absolute Gasteiger partial charge is 0.357 e. The molecule has 6 heteroatoms. The van der Waals surface area contributed by atoms with E-state index in [1.807, 2.05) is 29.2 Å². The van der Waals surface area contributed by atoms with Crippen LogP contribution < -0.4 is 10.6 Å². The van der Waals surface area contributed by atoms with Crippen LogP contribution in [0.3, 0.4) is 0 Å². The van der Waals surface area contributed by atoms with Crippen LogP contribution in [0.1, 0.15) is 68.8 Å². The minimum atomic E-state index is 0. The Bertz CT molecular complexity index is 593. The van der Waals surface area contributed by atoms with E-state index in [4.69, 9.17) is 0 Å². The maximum Gasteiger partial charge on any atom is 0.253 e. The molecule has 5 nitrogen and oxygen atoms in total. The predicted octanol–water partition coefficient (Wildman–Crippen LogP) is 4.42. The SMILES string of the molecule is CCNC(=NCc1ccc(C(=O)N2CCCCC2)cc1)NCC(CC)CC.I. The number of guanidine groups is 1. The maximum atomic E-state index is 12.5. The third-order valence-corrected chi connectivity index (χ3v) is 5.32. The number of nitrogens with zero attached hydrogens (tertiary/aromatic N) is 2. The molecule has 0 spiro atoms. The quantitative estimate of drug-likeness (QED) is 0.316. The van der Waals surface area contributed by atoms with Crippen LogP contribution in [0.5, 0.6) is 0 Å². The van der Waals surface area contributed by atoms with Crippen LogP contribution in [0.25, 0.3) is 0 Å². The fourth-order valence-corrected chi connectivity index (χ4v) is 3.36. The van der Waals surface area contributed by atoms with Gasteiger partial charge in [-0.25, -0.2) is 4.99 Å². The molecule has 1 aliphatic heterocycles. The fraction of sp³-hybridized carbons (Fsp3) is 0.636. The average Bonchev–Trinajstić information content (AvgIpc) is 2.73. The Balaban J connectivity index is 0.00000392. The number of likely N-dealkylation sites (tertiary alicyclic amines) is 1. The number of carbonyl (C=O) groups is 1. The minimum Gasteiger partial charge on any atom is -0.357 e. The van der Waals surface area contributed by atoms with Gasteiger partial charge in [0, 0.05) is 31.7 Å². The lowest BCUT2D eigenvalue weighted by Gasteiger charge is -2.26. The first-order valence-electron chi connectivity index (χ1n) is 10.6. The monoisotopic (exact) mass is 500 g/mol. The molecule has 0 saturated carbocycles. The molecule has 2 N–H and O–H groups in total. The summed E-state index contributed by atoms with van der Waals surface area (Å²) >= 11 is 0. The predicted molar refractivity (Wildman–Crippen MR) is 129 cm³/mol. The number of aliphatic imine (C=N–C) groups is 1. The van der Waals surface area contributed by atoms with Gasteiger partial charge in [0.1, 0.15) is 0 Å². The van der Waals surface area contributed by atoms with Gasteiger partial charge in [0.05, 0.1) is 6.54 Å². The van der Waals surface area contributed by atoms with Gasteiger partial charge in [0.2, 0.25) is 0 Å². The molecule has 1 aromatic carbocycles. The summed E-state index contributed by atoms with van der Waals surface area (Å²) in [5.74, 6) is 1.69. The van der Waals surface area contributed by atoms with E-state index in [-0.39, 0.29) is 29.9 Å². The zero-order valence-corrected chi connectivity index (χ0v) is 20.0. The Kier molecular flexibility index (Phi) is 12.2. The van der Waals surface area contributed by atoms with Gasteiger partial charge >= 0.3 is 0 Å². The topological polar surface area (TPSA) is 56.7 Å². The molecule has 28 heavy (non-hydrogen) atoms. The third kappa shape index (κ3) is 7.97. The molecule has 0 bridgehead atoms. The van der Waals surface area contributed by atoms with E-state index in [9.17, 15) is 4.79 Å². The second-order valence-electron chi connectivity index (χ2n) is 7.31. The number of halogens is 1. The van der Waals surface area contributed by atoms with E-state index in [2.05, 4.69) is 36.4 Å². The summed E-state index contributed by atoms with van der Waals surface area (Å²) in [5.41, 5.74) is 1.90. The van der Waals surface area contributed by atoms with Crippen molar-refractivity contribution in [1.29, 1.82) is 0 Å². The lowest BCUT2D eigenvalue weighted by atomic mass is 10.0. The summed E-state index contributed by atoms with van der Waals surface area (Å²) in [4.78, 5) is 19.2. The summed E-state index contributed by atoms with van der Waals surface area (Å²) in [7, 11) is 0. The van der Waals surface area contributed by atoms with Crippen LogP contribution in [0.2, 0.25) is 0 Å². The molecule has 0 unspecified atom stereocenters. The number of benzene rings is 1. The van der Waals surface area contributed by atoms with Crippen LogP contribution >= 0.6 is 24.0 Å². The van der Waals surface area contributed by atoms with Crippen molar-refractivity contribution in [3.63, 3.8) is 0 Å². The standard InChI is InChI=1S/C22H36N4O.HI/c1-4-18(5-2)16-24-22(23-6-3)25-17-19-10-12-20(13-11-19)21(27)26-14-8-7-9-15-26;/h10-13,18H,4-9,14-17H2,1-3H3,(H2,23,24,25);1H. The summed E-state index contributed by atoms with van der Waals surface area (Å²) in [5, 5.41) is 6.75. The second kappa shape index (κ2) is 13.8. The van der Waals surface area contributed by atoms with Gasteiger partial charge in [-0.15, -0.1) is 24.0 Å². The zero-order valence-electron chi connectivity index (χ0n) is 17.7. The number of carbonyl (C=O) groups excluding carboxylic acids is 1. The lowest BCUT2D eigenvalue weighted by Crippen LogP contribution is -2.39. The Hall–Kier alpha value is -1.31. The van der Waals surface area contributed by atoms with Crippen molar-refractivity contribution in [2.75, 3.05) is 26.2 Å². The number of rotatable bonds is 8. The number of nitrogens with one attached hydrogen (secondary N) is 2. The molecule has 1 heterocycles. The van der Waals surface area contributed by atoms with E-state index < -0.39 is 0 Å². The van der Waals surface area contributed by atoms with Gasteiger partial charge in [0.25, 0.3) is 5.91 Å². The molecule has 0 aliphatic carbocycles. The van der Waals surface area contributed by atoms with E-state index in [1.165, 1.54) is 19.3 Å². The van der Waals surface area contributed by atoms with Crippen molar-refractivity contribution in [2.45, 2.75) is 59.4 Å². The Labute approximate surface area is 187 Å². The molecule has 1 aliphatic rings. The summed E-state index contributed by atoms with van der Waals surface area (Å²) in [6, 6.07) is 7.91. The molecule has 0 radical (unpaired) electrons. The Morgan fingerprint density at radius 3 is 2.25 bits per heavy atom. The first-order valence-corrected chi connectivity index (χ1v) is 10.6. The first kappa shape index (κ1) is 24.7. The highest BCUT2D eigenvalue weighted by Crippen LogP contribution is 2.14. The number of piperidine rings is 1. The first-order chi connectivity index (χ1) is 13.2. The Morgan fingerprint density at radius 2 is 1.68 bits per heavy atom. The number of hydrogen-bond donors (Lipinski definition) is 2. The van der Waals surface area contributed by atoms with Crippen molar-refractivity contribution < 1.29 is 4.79 Å². The Morgan fingerprint density at radius 1 is 1.04 bits per heavy atom. The van der Waals surface area contributed by atoms with Crippen molar-refractivity contribution >= 4 is 35.8 Å². The van der Waals surface area contributed by atoms with Gasteiger partial charge in [-0.1, -0.05) is 38.8 Å². The molecule has 1 amide bonds. The van der Waals surface area contributed by atoms with Crippen LogP contribution in [-0.2, 0) is 6.54 Å². The molecule has 2 rings (SSSR count). The number of hydrogen-bond acceptors (Lipinski definition) is 2. The minimum absolute atomic E-state index is 0. The van der Waals surface area contributed by atoms with Crippen molar-refractivity contribution in [1.82, 2.24) is 15.5 Å². The summed E-state index contributed by atoms with van der Waals surface area (Å²) < 4.78 is 0. The smallest absolute Gasteiger partial charge is 0.253 e. The van der Waals surface area contributed by atoms with Gasteiger partial charge in [-0.05, 0) is 49.8 Å². The van der Waals surface area contributed by atoms with Gasteiger partial charge in [0.15, 0.2) is 5.96 Å². The van der Waals surface area contributed by atoms with Gasteiger partial charge < -0.3 is 15.5 Å². The molecule has 1 fully saturated rings. The highest BCUT2D eigenvalue weighted by molar-refractivity contribution is 14.0. The fourth-order valence-electron chi connectivity index (χ4n) is 3.36. The van der Waals surface area contributed by atoms with Crippen molar-refractivity contribution in [2.24, 2.45) is 10.9 Å². The molecular formula is C22H37IN4O. The molecule has 158 valence electrons. The van der Waals surface area contributed by atoms with Crippen LogP contribution in [0.4, 0.5) is 0 Å².